The topological polar surface area (TPSA) is 89.1 Å². The second-order valence-corrected chi connectivity index (χ2v) is 4.06. The lowest BCUT2D eigenvalue weighted by Gasteiger charge is -2.25. The maximum atomic E-state index is 8.35. The minimum Gasteiger partial charge on any atom is -0.409 e. The van der Waals surface area contributed by atoms with Crippen LogP contribution in [0.3, 0.4) is 0 Å². The third-order valence-corrected chi connectivity index (χ3v) is 2.86. The van der Waals surface area contributed by atoms with E-state index in [1.807, 2.05) is 0 Å². The third kappa shape index (κ3) is 3.96. The molecule has 0 radical (unpaired) electrons. The van der Waals surface area contributed by atoms with Gasteiger partial charge in [0.25, 0.3) is 0 Å². The summed E-state index contributed by atoms with van der Waals surface area (Å²) in [6.45, 7) is 3.01. The van der Waals surface area contributed by atoms with Gasteiger partial charge in [-0.2, -0.15) is 0 Å². The zero-order chi connectivity index (χ0) is 11.9. The third-order valence-electron chi connectivity index (χ3n) is 2.86. The van der Waals surface area contributed by atoms with Crippen LogP contribution in [-0.4, -0.2) is 50.1 Å². The summed E-state index contributed by atoms with van der Waals surface area (Å²) in [5, 5.41) is 14.6. The molecule has 1 atom stereocenters. The van der Waals surface area contributed by atoms with E-state index in [0.717, 1.165) is 32.5 Å². The Morgan fingerprint density at radius 1 is 1.69 bits per heavy atom. The van der Waals surface area contributed by atoms with Crippen LogP contribution in [0.1, 0.15) is 19.3 Å². The highest BCUT2D eigenvalue weighted by Gasteiger charge is 2.34. The molecule has 1 unspecified atom stereocenters. The highest BCUT2D eigenvalue weighted by atomic mass is 16.5. The fraction of sp³-hybridized carbons (Fsp3) is 0.900. The van der Waals surface area contributed by atoms with Crippen molar-refractivity contribution in [3.05, 3.63) is 0 Å². The van der Waals surface area contributed by atoms with Crippen molar-refractivity contribution in [1.82, 2.24) is 5.32 Å². The molecule has 1 saturated heterocycles. The van der Waals surface area contributed by atoms with Crippen LogP contribution in [0.15, 0.2) is 5.16 Å². The molecule has 0 spiro atoms. The van der Waals surface area contributed by atoms with Gasteiger partial charge in [-0.05, 0) is 13.0 Å². The Morgan fingerprint density at radius 3 is 3.06 bits per heavy atom. The van der Waals surface area contributed by atoms with Crippen LogP contribution in [0.25, 0.3) is 0 Å². The van der Waals surface area contributed by atoms with Crippen molar-refractivity contribution in [3.8, 4) is 0 Å². The van der Waals surface area contributed by atoms with Crippen molar-refractivity contribution in [3.63, 3.8) is 0 Å². The summed E-state index contributed by atoms with van der Waals surface area (Å²) in [5.41, 5.74) is 5.19. The van der Waals surface area contributed by atoms with Gasteiger partial charge in [-0.3, -0.25) is 0 Å². The highest BCUT2D eigenvalue weighted by Crippen LogP contribution is 2.21. The second kappa shape index (κ2) is 6.67. The molecule has 1 heterocycles. The maximum Gasteiger partial charge on any atom is 0.139 e. The van der Waals surface area contributed by atoms with Crippen molar-refractivity contribution < 1.29 is 14.7 Å². The molecule has 1 rings (SSSR count). The first-order chi connectivity index (χ1) is 7.72. The molecule has 4 N–H and O–H groups in total. The molecule has 0 aromatic heterocycles. The van der Waals surface area contributed by atoms with Gasteiger partial charge in [-0.15, -0.1) is 0 Å². The molecule has 0 aliphatic carbocycles. The van der Waals surface area contributed by atoms with Crippen molar-refractivity contribution in [2.45, 2.75) is 24.9 Å². The number of hydrogen-bond acceptors (Lipinski definition) is 5. The average Bonchev–Trinajstić information content (AvgIpc) is 2.77. The summed E-state index contributed by atoms with van der Waals surface area (Å²) in [6, 6.07) is 0. The molecule has 0 saturated carbocycles. The Labute approximate surface area is 95.8 Å². The van der Waals surface area contributed by atoms with E-state index >= 15 is 0 Å². The van der Waals surface area contributed by atoms with Gasteiger partial charge in [0.15, 0.2) is 0 Å². The predicted molar refractivity (Wildman–Crippen MR) is 60.7 cm³/mol. The first-order valence-electron chi connectivity index (χ1n) is 5.52. The minimum absolute atomic E-state index is 0.170. The van der Waals surface area contributed by atoms with E-state index in [1.54, 1.807) is 7.11 Å². The number of hydrogen-bond donors (Lipinski definition) is 3. The van der Waals surface area contributed by atoms with Crippen LogP contribution < -0.4 is 11.1 Å². The van der Waals surface area contributed by atoms with Crippen LogP contribution in [0.2, 0.25) is 0 Å². The Morgan fingerprint density at radius 2 is 2.50 bits per heavy atom. The van der Waals surface area contributed by atoms with Crippen LogP contribution in [-0.2, 0) is 9.47 Å². The lowest BCUT2D eigenvalue weighted by Crippen LogP contribution is -2.43. The van der Waals surface area contributed by atoms with E-state index in [0.29, 0.717) is 13.0 Å². The minimum atomic E-state index is -0.170. The summed E-state index contributed by atoms with van der Waals surface area (Å²) >= 11 is 0. The second-order valence-electron chi connectivity index (χ2n) is 4.06. The fourth-order valence-electron chi connectivity index (χ4n) is 1.72. The Kier molecular flexibility index (Phi) is 5.51. The van der Waals surface area contributed by atoms with Gasteiger partial charge < -0.3 is 25.7 Å². The normalized spacial score (nSPS) is 26.2. The number of nitrogens with two attached hydrogens (primary N) is 1. The van der Waals surface area contributed by atoms with E-state index in [2.05, 4.69) is 10.5 Å². The van der Waals surface area contributed by atoms with Gasteiger partial charge in [0.05, 0.1) is 6.61 Å². The average molecular weight is 231 g/mol. The zero-order valence-electron chi connectivity index (χ0n) is 9.74. The van der Waals surface area contributed by atoms with Crippen molar-refractivity contribution in [2.24, 2.45) is 10.9 Å². The summed E-state index contributed by atoms with van der Waals surface area (Å²) < 4.78 is 10.8. The number of nitrogens with zero attached hydrogens (tertiary/aromatic N) is 1. The lowest BCUT2D eigenvalue weighted by atomic mass is 10.0. The van der Waals surface area contributed by atoms with Gasteiger partial charge in [-0.1, -0.05) is 5.16 Å². The fourth-order valence-corrected chi connectivity index (χ4v) is 1.72. The first-order valence-corrected chi connectivity index (χ1v) is 5.52. The smallest absolute Gasteiger partial charge is 0.139 e. The number of nitrogens with one attached hydrogen (secondary N) is 1. The van der Waals surface area contributed by atoms with E-state index in [4.69, 9.17) is 20.4 Å². The number of rotatable bonds is 7. The Hall–Kier alpha value is -0.850. The largest absolute Gasteiger partial charge is 0.409 e. The molecular weight excluding hydrogens is 210 g/mol. The molecule has 1 aliphatic rings. The molecule has 1 fully saturated rings. The SMILES string of the molecule is COC1(CNCCCC(N)=NO)CCOC1. The molecule has 6 nitrogen and oxygen atoms in total. The number of oxime groups is 1. The zero-order valence-corrected chi connectivity index (χ0v) is 9.74. The quantitative estimate of drug-likeness (QED) is 0.187. The summed E-state index contributed by atoms with van der Waals surface area (Å²) in [5.74, 6) is 0.271. The van der Waals surface area contributed by atoms with E-state index in [-0.39, 0.29) is 11.4 Å². The summed E-state index contributed by atoms with van der Waals surface area (Å²) in [7, 11) is 1.72. The van der Waals surface area contributed by atoms with Crippen molar-refractivity contribution in [1.29, 1.82) is 0 Å². The van der Waals surface area contributed by atoms with Gasteiger partial charge in [0, 0.05) is 33.1 Å². The molecule has 94 valence electrons. The highest BCUT2D eigenvalue weighted by molar-refractivity contribution is 5.79. The predicted octanol–water partition coefficient (Wildman–Crippen LogP) is -0.0919. The van der Waals surface area contributed by atoms with Crippen LogP contribution in [0.4, 0.5) is 0 Å². The van der Waals surface area contributed by atoms with Gasteiger partial charge in [0.1, 0.15) is 11.4 Å². The monoisotopic (exact) mass is 231 g/mol. The van der Waals surface area contributed by atoms with Gasteiger partial charge in [0.2, 0.25) is 0 Å². The molecule has 0 amide bonds. The number of ether oxygens (including phenoxy) is 2. The molecule has 0 aromatic carbocycles. The standard InChI is InChI=1S/C10H21N3O3/c1-15-10(4-6-16-8-10)7-12-5-2-3-9(11)13-14/h12,14H,2-8H2,1H3,(H2,11,13). The first kappa shape index (κ1) is 13.2. The van der Waals surface area contributed by atoms with Gasteiger partial charge in [-0.25, -0.2) is 0 Å². The van der Waals surface area contributed by atoms with Crippen LogP contribution in [0.5, 0.6) is 0 Å². The Balaban J connectivity index is 2.10. The molecule has 0 bridgehead atoms. The van der Waals surface area contributed by atoms with Crippen molar-refractivity contribution in [2.75, 3.05) is 33.4 Å². The molecule has 1 aliphatic heterocycles. The van der Waals surface area contributed by atoms with Crippen molar-refractivity contribution >= 4 is 5.84 Å². The summed E-state index contributed by atoms with van der Waals surface area (Å²) in [4.78, 5) is 0. The molecule has 0 aromatic rings. The summed E-state index contributed by atoms with van der Waals surface area (Å²) in [6.07, 6.45) is 2.37. The molecule has 16 heavy (non-hydrogen) atoms. The number of amidine groups is 1. The van der Waals surface area contributed by atoms with Crippen LogP contribution in [0, 0.1) is 0 Å². The maximum absolute atomic E-state index is 8.35. The Bertz CT molecular complexity index is 227. The van der Waals surface area contributed by atoms with E-state index in [9.17, 15) is 0 Å². The van der Waals surface area contributed by atoms with E-state index in [1.165, 1.54) is 0 Å². The van der Waals surface area contributed by atoms with Gasteiger partial charge >= 0.3 is 0 Å². The number of methoxy groups -OCH3 is 1. The molecule has 6 heteroatoms. The lowest BCUT2D eigenvalue weighted by molar-refractivity contribution is -0.0155. The van der Waals surface area contributed by atoms with Crippen LogP contribution >= 0.6 is 0 Å². The molecular formula is C10H21N3O3. The van der Waals surface area contributed by atoms with E-state index < -0.39 is 0 Å².